The molecule has 3 aromatic rings. The minimum Gasteiger partial charge on any atom is -0.495 e. The van der Waals surface area contributed by atoms with Crippen LogP contribution >= 0.6 is 0 Å². The van der Waals surface area contributed by atoms with Gasteiger partial charge in [-0.2, -0.15) is 13.2 Å². The van der Waals surface area contributed by atoms with Crippen LogP contribution in [0.5, 0.6) is 5.75 Å². The van der Waals surface area contributed by atoms with Crippen molar-refractivity contribution in [2.45, 2.75) is 38.5 Å². The van der Waals surface area contributed by atoms with Gasteiger partial charge in [-0.3, -0.25) is 0 Å². The number of aromatic nitrogens is 2. The van der Waals surface area contributed by atoms with Crippen molar-refractivity contribution in [3.63, 3.8) is 0 Å². The van der Waals surface area contributed by atoms with E-state index >= 15 is 0 Å². The molecular formula is C23H26F3N5O2. The van der Waals surface area contributed by atoms with Crippen molar-refractivity contribution in [3.8, 4) is 5.75 Å². The van der Waals surface area contributed by atoms with E-state index in [0.717, 1.165) is 29.6 Å². The van der Waals surface area contributed by atoms with Crippen LogP contribution in [0.15, 0.2) is 30.3 Å². The van der Waals surface area contributed by atoms with Crippen LogP contribution in [-0.4, -0.2) is 36.3 Å². The topological polar surface area (TPSA) is 94.3 Å². The standard InChI is InChI=1S/C23H26F3N5O2/c1-12(14-6-15(23(24,25)26)8-16(27)7-14)28-22-18-9-20(31-17-4-5-33-11-17)21(32-3)10-19(18)29-13(2)30-22/h6-10,12,17,31H,4-5,11,27H2,1-3H3,(H,28,29,30)/t12-,17+/m1/s1. The molecule has 0 saturated carbocycles. The van der Waals surface area contributed by atoms with Crippen LogP contribution in [0.25, 0.3) is 10.9 Å². The number of nitrogens with zero attached hydrogens (tertiary/aromatic N) is 2. The number of nitrogen functional groups attached to an aromatic ring is 1. The minimum atomic E-state index is -4.48. The van der Waals surface area contributed by atoms with E-state index in [-0.39, 0.29) is 11.7 Å². The Morgan fingerprint density at radius 1 is 1.18 bits per heavy atom. The third-order valence-electron chi connectivity index (χ3n) is 5.58. The van der Waals surface area contributed by atoms with Gasteiger partial charge < -0.3 is 25.8 Å². The lowest BCUT2D eigenvalue weighted by molar-refractivity contribution is -0.137. The van der Waals surface area contributed by atoms with Gasteiger partial charge in [0.25, 0.3) is 0 Å². The number of halogens is 3. The Morgan fingerprint density at radius 2 is 1.97 bits per heavy atom. The highest BCUT2D eigenvalue weighted by molar-refractivity contribution is 5.94. The van der Waals surface area contributed by atoms with Gasteiger partial charge in [-0.1, -0.05) is 0 Å². The van der Waals surface area contributed by atoms with E-state index < -0.39 is 17.8 Å². The molecule has 2 atom stereocenters. The van der Waals surface area contributed by atoms with E-state index in [1.54, 1.807) is 21.0 Å². The summed E-state index contributed by atoms with van der Waals surface area (Å²) in [5, 5.41) is 7.39. The van der Waals surface area contributed by atoms with Gasteiger partial charge in [0.1, 0.15) is 17.4 Å². The third-order valence-corrected chi connectivity index (χ3v) is 5.58. The van der Waals surface area contributed by atoms with Crippen molar-refractivity contribution in [2.75, 3.05) is 36.7 Å². The van der Waals surface area contributed by atoms with Crippen LogP contribution in [0, 0.1) is 6.92 Å². The zero-order chi connectivity index (χ0) is 23.8. The molecule has 4 rings (SSSR count). The quantitative estimate of drug-likeness (QED) is 0.449. The van der Waals surface area contributed by atoms with E-state index in [0.29, 0.717) is 41.7 Å². The predicted octanol–water partition coefficient (Wildman–Crippen LogP) is 4.92. The van der Waals surface area contributed by atoms with Gasteiger partial charge in [-0.05, 0) is 50.1 Å². The van der Waals surface area contributed by atoms with Crippen LogP contribution in [0.1, 0.15) is 36.3 Å². The second kappa shape index (κ2) is 8.93. The van der Waals surface area contributed by atoms with Crippen molar-refractivity contribution < 1.29 is 22.6 Å². The number of ether oxygens (including phenoxy) is 2. The molecule has 4 N–H and O–H groups in total. The second-order valence-electron chi connectivity index (χ2n) is 8.15. The van der Waals surface area contributed by atoms with E-state index in [9.17, 15) is 13.2 Å². The Labute approximate surface area is 189 Å². The number of fused-ring (bicyclic) bond motifs is 1. The van der Waals surface area contributed by atoms with Crippen LogP contribution < -0.4 is 21.1 Å². The van der Waals surface area contributed by atoms with Crippen LogP contribution in [0.2, 0.25) is 0 Å². The van der Waals surface area contributed by atoms with E-state index in [4.69, 9.17) is 15.2 Å². The summed E-state index contributed by atoms with van der Waals surface area (Å²) >= 11 is 0. The highest BCUT2D eigenvalue weighted by Gasteiger charge is 2.31. The fraction of sp³-hybridized carbons (Fsp3) is 0.391. The number of rotatable bonds is 6. The normalized spacial score (nSPS) is 17.2. The van der Waals surface area contributed by atoms with Crippen molar-refractivity contribution in [2.24, 2.45) is 0 Å². The molecule has 10 heteroatoms. The molecule has 33 heavy (non-hydrogen) atoms. The molecule has 1 aromatic heterocycles. The molecule has 2 heterocycles. The summed E-state index contributed by atoms with van der Waals surface area (Å²) in [6, 6.07) is 6.93. The lowest BCUT2D eigenvalue weighted by Gasteiger charge is -2.20. The summed E-state index contributed by atoms with van der Waals surface area (Å²) in [5.74, 6) is 1.67. The molecule has 0 aliphatic carbocycles. The first-order chi connectivity index (χ1) is 15.6. The molecule has 0 radical (unpaired) electrons. The number of aryl methyl sites for hydroxylation is 1. The Morgan fingerprint density at radius 3 is 2.64 bits per heavy atom. The van der Waals surface area contributed by atoms with Gasteiger partial charge in [0, 0.05) is 23.7 Å². The van der Waals surface area contributed by atoms with E-state index in [1.807, 2.05) is 12.1 Å². The second-order valence-corrected chi connectivity index (χ2v) is 8.15. The summed E-state index contributed by atoms with van der Waals surface area (Å²) in [6.45, 7) is 4.81. The molecule has 2 aromatic carbocycles. The predicted molar refractivity (Wildman–Crippen MR) is 122 cm³/mol. The first kappa shape index (κ1) is 22.9. The molecule has 1 saturated heterocycles. The fourth-order valence-electron chi connectivity index (χ4n) is 3.91. The zero-order valence-electron chi connectivity index (χ0n) is 18.6. The summed E-state index contributed by atoms with van der Waals surface area (Å²) in [4.78, 5) is 9.03. The Hall–Kier alpha value is -3.27. The minimum absolute atomic E-state index is 0.0483. The van der Waals surface area contributed by atoms with E-state index in [1.165, 1.54) is 6.07 Å². The van der Waals surface area contributed by atoms with Crippen LogP contribution in [0.3, 0.4) is 0 Å². The maximum atomic E-state index is 13.3. The molecule has 0 spiro atoms. The molecule has 0 bridgehead atoms. The lowest BCUT2D eigenvalue weighted by Crippen LogP contribution is -2.19. The smallest absolute Gasteiger partial charge is 0.416 e. The molecule has 0 unspecified atom stereocenters. The van der Waals surface area contributed by atoms with E-state index in [2.05, 4.69) is 20.6 Å². The van der Waals surface area contributed by atoms with Gasteiger partial charge in [-0.15, -0.1) is 0 Å². The van der Waals surface area contributed by atoms with Crippen molar-refractivity contribution in [1.29, 1.82) is 0 Å². The summed E-state index contributed by atoms with van der Waals surface area (Å²) in [5.41, 5.74) is 6.84. The fourth-order valence-corrected chi connectivity index (χ4v) is 3.91. The van der Waals surface area contributed by atoms with Crippen molar-refractivity contribution >= 4 is 28.1 Å². The van der Waals surface area contributed by atoms with Gasteiger partial charge in [0.15, 0.2) is 0 Å². The largest absolute Gasteiger partial charge is 0.495 e. The van der Waals surface area contributed by atoms with Gasteiger partial charge in [0.2, 0.25) is 0 Å². The molecule has 176 valence electrons. The molecule has 1 fully saturated rings. The Bertz CT molecular complexity index is 1160. The average Bonchev–Trinajstić information content (AvgIpc) is 3.25. The van der Waals surface area contributed by atoms with Gasteiger partial charge in [0.05, 0.1) is 42.6 Å². The molecule has 0 amide bonds. The highest BCUT2D eigenvalue weighted by Crippen LogP contribution is 2.36. The number of hydrogen-bond donors (Lipinski definition) is 3. The number of nitrogens with two attached hydrogens (primary N) is 1. The first-order valence-electron chi connectivity index (χ1n) is 10.6. The number of alkyl halides is 3. The number of methoxy groups -OCH3 is 1. The monoisotopic (exact) mass is 461 g/mol. The maximum absolute atomic E-state index is 13.3. The van der Waals surface area contributed by atoms with Crippen molar-refractivity contribution in [1.82, 2.24) is 9.97 Å². The number of benzene rings is 2. The number of nitrogens with one attached hydrogen (secondary N) is 2. The highest BCUT2D eigenvalue weighted by atomic mass is 19.4. The summed E-state index contributed by atoms with van der Waals surface area (Å²) < 4.78 is 50.8. The molecule has 1 aliphatic rings. The summed E-state index contributed by atoms with van der Waals surface area (Å²) in [7, 11) is 1.59. The molecular weight excluding hydrogens is 435 g/mol. The van der Waals surface area contributed by atoms with Crippen LogP contribution in [-0.2, 0) is 10.9 Å². The lowest BCUT2D eigenvalue weighted by atomic mass is 10.0. The Balaban J connectivity index is 1.71. The zero-order valence-corrected chi connectivity index (χ0v) is 18.6. The molecule has 7 nitrogen and oxygen atoms in total. The third kappa shape index (κ3) is 5.05. The number of hydrogen-bond acceptors (Lipinski definition) is 7. The Kier molecular flexibility index (Phi) is 6.20. The van der Waals surface area contributed by atoms with Crippen LogP contribution in [0.4, 0.5) is 30.4 Å². The number of anilines is 3. The first-order valence-corrected chi connectivity index (χ1v) is 10.6. The molecule has 1 aliphatic heterocycles. The van der Waals surface area contributed by atoms with Gasteiger partial charge in [-0.25, -0.2) is 9.97 Å². The maximum Gasteiger partial charge on any atom is 0.416 e. The summed E-state index contributed by atoms with van der Waals surface area (Å²) in [6.07, 6.45) is -3.60. The average molecular weight is 461 g/mol. The SMILES string of the molecule is COc1cc2nc(C)nc(N[C@H](C)c3cc(N)cc(C(F)(F)F)c3)c2cc1N[C@H]1CCOC1. The van der Waals surface area contributed by atoms with Gasteiger partial charge >= 0.3 is 6.18 Å². The van der Waals surface area contributed by atoms with Crippen molar-refractivity contribution in [3.05, 3.63) is 47.3 Å².